The molecule has 0 aliphatic carbocycles. The van der Waals surface area contributed by atoms with Gasteiger partial charge in [-0.2, -0.15) is 0 Å². The van der Waals surface area contributed by atoms with E-state index in [2.05, 4.69) is 4.98 Å². The fraction of sp³-hybridized carbons (Fsp3) is 0.692. The first-order chi connectivity index (χ1) is 7.88. The molecule has 0 atom stereocenters. The Labute approximate surface area is 99.5 Å². The molecule has 3 heteroatoms. The Morgan fingerprint density at radius 1 is 1.12 bits per heavy atom. The molecule has 0 radical (unpaired) electrons. The van der Waals surface area contributed by atoms with Crippen molar-refractivity contribution in [3.8, 4) is 0 Å². The van der Waals surface area contributed by atoms with Crippen LogP contribution in [0.2, 0.25) is 0 Å². The first kappa shape index (κ1) is 17.3. The summed E-state index contributed by atoms with van der Waals surface area (Å²) in [5, 5.41) is 0. The van der Waals surface area contributed by atoms with Gasteiger partial charge in [0.2, 0.25) is 0 Å². The average molecular weight is 226 g/mol. The van der Waals surface area contributed by atoms with Crippen molar-refractivity contribution in [3.63, 3.8) is 0 Å². The summed E-state index contributed by atoms with van der Waals surface area (Å²) >= 11 is 0. The second-order valence-corrected chi connectivity index (χ2v) is 2.45. The first-order valence-corrected chi connectivity index (χ1v) is 6.42. The van der Waals surface area contributed by atoms with Crippen LogP contribution in [0.4, 0.5) is 0 Å². The van der Waals surface area contributed by atoms with Gasteiger partial charge in [0.25, 0.3) is 5.56 Å². The third-order valence-electron chi connectivity index (χ3n) is 1.80. The molecule has 0 N–H and O–H groups in total. The number of aryl methyl sites for hydroxylation is 1. The van der Waals surface area contributed by atoms with Crippen molar-refractivity contribution in [2.24, 2.45) is 0 Å². The van der Waals surface area contributed by atoms with E-state index in [0.717, 1.165) is 25.2 Å². The first-order valence-electron chi connectivity index (χ1n) is 6.42. The van der Waals surface area contributed by atoms with Crippen LogP contribution in [0.15, 0.2) is 17.1 Å². The van der Waals surface area contributed by atoms with Crippen molar-refractivity contribution in [1.82, 2.24) is 9.55 Å². The minimum atomic E-state index is 0.0856. The number of rotatable bonds is 0. The molecular formula is C13H26N2O. The predicted octanol–water partition coefficient (Wildman–Crippen LogP) is 3.27. The summed E-state index contributed by atoms with van der Waals surface area (Å²) in [5.74, 6) is 0.938. The summed E-state index contributed by atoms with van der Waals surface area (Å²) < 4.78 is 1.74. The van der Waals surface area contributed by atoms with Crippen LogP contribution in [0.25, 0.3) is 0 Å². The second kappa shape index (κ2) is 12.0. The molecule has 1 aliphatic rings. The summed E-state index contributed by atoms with van der Waals surface area (Å²) in [6.07, 6.45) is 3.60. The van der Waals surface area contributed by atoms with Crippen molar-refractivity contribution in [2.75, 3.05) is 0 Å². The number of aromatic nitrogens is 2. The summed E-state index contributed by atoms with van der Waals surface area (Å²) in [7, 11) is 0. The lowest BCUT2D eigenvalue weighted by Crippen LogP contribution is -2.18. The van der Waals surface area contributed by atoms with Gasteiger partial charge in [-0.25, -0.2) is 4.98 Å². The fourth-order valence-corrected chi connectivity index (χ4v) is 1.31. The molecule has 0 unspecified atom stereocenters. The number of hydrogen-bond donors (Lipinski definition) is 0. The van der Waals surface area contributed by atoms with Crippen LogP contribution in [-0.2, 0) is 13.0 Å². The quantitative estimate of drug-likeness (QED) is 0.680. The van der Waals surface area contributed by atoms with Gasteiger partial charge in [0.1, 0.15) is 5.82 Å². The van der Waals surface area contributed by atoms with Crippen molar-refractivity contribution in [1.29, 1.82) is 0 Å². The van der Waals surface area contributed by atoms with E-state index in [1.54, 1.807) is 10.8 Å². The molecule has 0 spiro atoms. The zero-order valence-corrected chi connectivity index (χ0v) is 11.6. The van der Waals surface area contributed by atoms with Gasteiger partial charge in [-0.1, -0.05) is 41.5 Å². The van der Waals surface area contributed by atoms with Crippen LogP contribution in [0.5, 0.6) is 0 Å². The van der Waals surface area contributed by atoms with E-state index in [-0.39, 0.29) is 5.56 Å². The molecule has 0 saturated heterocycles. The van der Waals surface area contributed by atoms with Gasteiger partial charge < -0.3 is 0 Å². The number of nitrogens with zero attached hydrogens (tertiary/aromatic N) is 2. The monoisotopic (exact) mass is 226 g/mol. The number of fused-ring (bicyclic) bond motifs is 1. The van der Waals surface area contributed by atoms with E-state index < -0.39 is 0 Å². The van der Waals surface area contributed by atoms with E-state index >= 15 is 0 Å². The highest BCUT2D eigenvalue weighted by atomic mass is 16.1. The van der Waals surface area contributed by atoms with Crippen LogP contribution >= 0.6 is 0 Å². The van der Waals surface area contributed by atoms with E-state index in [0.29, 0.717) is 0 Å². The van der Waals surface area contributed by atoms with Crippen LogP contribution in [0.3, 0.4) is 0 Å². The maximum Gasteiger partial charge on any atom is 0.253 e. The SMILES string of the molecule is CC.CC.CC.O=c1ccnc2n1CCC2. The highest BCUT2D eigenvalue weighted by molar-refractivity contribution is 4.97. The minimum absolute atomic E-state index is 0.0856. The largest absolute Gasteiger partial charge is 0.297 e. The third kappa shape index (κ3) is 5.10. The molecule has 0 aromatic carbocycles. The molecule has 0 fully saturated rings. The fourth-order valence-electron chi connectivity index (χ4n) is 1.31. The lowest BCUT2D eigenvalue weighted by Gasteiger charge is -1.97. The van der Waals surface area contributed by atoms with Gasteiger partial charge in [0.05, 0.1) is 0 Å². The van der Waals surface area contributed by atoms with Gasteiger partial charge in [-0.3, -0.25) is 9.36 Å². The summed E-state index contributed by atoms with van der Waals surface area (Å²) in [4.78, 5) is 15.1. The minimum Gasteiger partial charge on any atom is -0.297 e. The van der Waals surface area contributed by atoms with Gasteiger partial charge in [-0.05, 0) is 6.42 Å². The topological polar surface area (TPSA) is 34.9 Å². The van der Waals surface area contributed by atoms with E-state index in [9.17, 15) is 4.79 Å². The Morgan fingerprint density at radius 3 is 2.19 bits per heavy atom. The summed E-state index contributed by atoms with van der Waals surface area (Å²) in [6.45, 7) is 12.8. The average Bonchev–Trinajstić information content (AvgIpc) is 2.87. The van der Waals surface area contributed by atoms with Crippen LogP contribution in [0, 0.1) is 0 Å². The standard InChI is InChI=1S/C7H8N2O.3C2H6/c10-7-3-4-8-6-2-1-5-9(6)7;3*1-2/h3-4H,1-2,5H2;3*1-2H3. The Morgan fingerprint density at radius 2 is 1.69 bits per heavy atom. The summed E-state index contributed by atoms with van der Waals surface area (Å²) in [5.41, 5.74) is 0.0856. The molecule has 2 heterocycles. The lowest BCUT2D eigenvalue weighted by atomic mass is 10.4. The molecule has 2 rings (SSSR count). The second-order valence-electron chi connectivity index (χ2n) is 2.45. The molecule has 3 nitrogen and oxygen atoms in total. The molecule has 0 amide bonds. The van der Waals surface area contributed by atoms with Crippen molar-refractivity contribution < 1.29 is 0 Å². The molecule has 0 saturated carbocycles. The lowest BCUT2D eigenvalue weighted by molar-refractivity contribution is 0.711. The number of hydrogen-bond acceptors (Lipinski definition) is 2. The van der Waals surface area contributed by atoms with Crippen LogP contribution in [-0.4, -0.2) is 9.55 Å². The maximum atomic E-state index is 11.0. The normalized spacial score (nSPS) is 10.6. The molecule has 16 heavy (non-hydrogen) atoms. The van der Waals surface area contributed by atoms with Gasteiger partial charge in [0.15, 0.2) is 0 Å². The summed E-state index contributed by atoms with van der Waals surface area (Å²) in [6, 6.07) is 1.51. The van der Waals surface area contributed by atoms with E-state index in [1.807, 2.05) is 41.5 Å². The van der Waals surface area contributed by atoms with E-state index in [4.69, 9.17) is 0 Å². The van der Waals surface area contributed by atoms with Crippen molar-refractivity contribution in [2.45, 2.75) is 60.9 Å². The Balaban J connectivity index is 0. The van der Waals surface area contributed by atoms with Crippen LogP contribution < -0.4 is 5.56 Å². The molecule has 1 aromatic heterocycles. The third-order valence-corrected chi connectivity index (χ3v) is 1.80. The Kier molecular flexibility index (Phi) is 12.9. The van der Waals surface area contributed by atoms with Gasteiger partial charge in [0, 0.05) is 25.2 Å². The van der Waals surface area contributed by atoms with Crippen LogP contribution in [0.1, 0.15) is 53.8 Å². The predicted molar refractivity (Wildman–Crippen MR) is 70.9 cm³/mol. The smallest absolute Gasteiger partial charge is 0.253 e. The van der Waals surface area contributed by atoms with Gasteiger partial charge >= 0.3 is 0 Å². The molecule has 0 bridgehead atoms. The molecule has 1 aromatic rings. The Bertz CT molecular complexity index is 305. The molecular weight excluding hydrogens is 200 g/mol. The van der Waals surface area contributed by atoms with Crippen molar-refractivity contribution >= 4 is 0 Å². The maximum absolute atomic E-state index is 11.0. The highest BCUT2D eigenvalue weighted by Gasteiger charge is 2.10. The zero-order valence-electron chi connectivity index (χ0n) is 11.6. The highest BCUT2D eigenvalue weighted by Crippen LogP contribution is 2.06. The molecule has 94 valence electrons. The van der Waals surface area contributed by atoms with Crippen molar-refractivity contribution in [3.05, 3.63) is 28.4 Å². The molecule has 1 aliphatic heterocycles. The van der Waals surface area contributed by atoms with Gasteiger partial charge in [-0.15, -0.1) is 0 Å². The zero-order chi connectivity index (χ0) is 13.0. The Hall–Kier alpha value is -1.12. The van der Waals surface area contributed by atoms with E-state index in [1.165, 1.54) is 6.07 Å².